The second-order valence-corrected chi connectivity index (χ2v) is 6.97. The van der Waals surface area contributed by atoms with Crippen LogP contribution in [0.3, 0.4) is 0 Å². The van der Waals surface area contributed by atoms with Gasteiger partial charge in [0, 0.05) is 44.3 Å². The number of ether oxygens (including phenoxy) is 2. The highest BCUT2D eigenvalue weighted by atomic mass is 16.5. The fourth-order valence-corrected chi connectivity index (χ4v) is 3.42. The van der Waals surface area contributed by atoms with Crippen LogP contribution in [0.5, 0.6) is 0 Å². The third kappa shape index (κ3) is 4.63. The Bertz CT molecular complexity index is 327. The van der Waals surface area contributed by atoms with Crippen LogP contribution in [0.15, 0.2) is 0 Å². The predicted octanol–water partition coefficient (Wildman–Crippen LogP) is 0.0792. The molecule has 0 bridgehead atoms. The largest absolute Gasteiger partial charge is 0.378 e. The Balaban J connectivity index is 1.88. The van der Waals surface area contributed by atoms with Gasteiger partial charge in [0.1, 0.15) is 0 Å². The van der Waals surface area contributed by atoms with Crippen LogP contribution >= 0.6 is 0 Å². The van der Waals surface area contributed by atoms with E-state index in [0.29, 0.717) is 31.3 Å². The lowest BCUT2D eigenvalue weighted by atomic mass is 10.1. The maximum absolute atomic E-state index is 5.86. The quantitative estimate of drug-likeness (QED) is 0.724. The van der Waals surface area contributed by atoms with Crippen LogP contribution in [-0.4, -0.2) is 86.2 Å². The molecular formula is C16H34N4O2. The van der Waals surface area contributed by atoms with Gasteiger partial charge in [0.05, 0.1) is 32.1 Å². The molecule has 0 aromatic heterocycles. The smallest absolute Gasteiger partial charge is 0.0842 e. The first-order valence-corrected chi connectivity index (χ1v) is 8.67. The number of nitrogens with zero attached hydrogens (tertiary/aromatic N) is 2. The maximum atomic E-state index is 5.86. The van der Waals surface area contributed by atoms with Gasteiger partial charge < -0.3 is 15.2 Å². The van der Waals surface area contributed by atoms with Gasteiger partial charge in [0.25, 0.3) is 0 Å². The van der Waals surface area contributed by atoms with Crippen molar-refractivity contribution in [2.45, 2.75) is 58.1 Å². The Hall–Kier alpha value is -0.240. The van der Waals surface area contributed by atoms with Crippen molar-refractivity contribution in [3.8, 4) is 0 Å². The molecule has 3 unspecified atom stereocenters. The van der Waals surface area contributed by atoms with E-state index >= 15 is 0 Å². The highest BCUT2D eigenvalue weighted by Crippen LogP contribution is 2.15. The van der Waals surface area contributed by atoms with E-state index < -0.39 is 0 Å². The fraction of sp³-hybridized carbons (Fsp3) is 1.00. The Morgan fingerprint density at radius 1 is 1.14 bits per heavy atom. The minimum atomic E-state index is 0.158. The molecule has 6 nitrogen and oxygen atoms in total. The summed E-state index contributed by atoms with van der Waals surface area (Å²) < 4.78 is 11.5. The predicted molar refractivity (Wildman–Crippen MR) is 88.9 cm³/mol. The summed E-state index contributed by atoms with van der Waals surface area (Å²) in [5.74, 6) is 0. The molecule has 0 aromatic rings. The molecule has 0 saturated carbocycles. The Kier molecular flexibility index (Phi) is 7.05. The lowest BCUT2D eigenvalue weighted by Gasteiger charge is -2.44. The molecule has 2 aliphatic heterocycles. The first-order valence-electron chi connectivity index (χ1n) is 8.67. The van der Waals surface area contributed by atoms with Gasteiger partial charge in [-0.3, -0.25) is 15.1 Å². The second-order valence-electron chi connectivity index (χ2n) is 6.97. The summed E-state index contributed by atoms with van der Waals surface area (Å²) in [5.41, 5.74) is 5.76. The van der Waals surface area contributed by atoms with Gasteiger partial charge in [-0.2, -0.15) is 0 Å². The number of morpholine rings is 2. The third-order valence-electron chi connectivity index (χ3n) is 4.76. The van der Waals surface area contributed by atoms with Crippen molar-refractivity contribution in [2.75, 3.05) is 46.0 Å². The molecule has 2 heterocycles. The Labute approximate surface area is 135 Å². The molecule has 6 heteroatoms. The van der Waals surface area contributed by atoms with Gasteiger partial charge >= 0.3 is 0 Å². The van der Waals surface area contributed by atoms with Gasteiger partial charge in [0.2, 0.25) is 0 Å². The van der Waals surface area contributed by atoms with E-state index in [1.54, 1.807) is 0 Å². The van der Waals surface area contributed by atoms with E-state index in [-0.39, 0.29) is 12.3 Å². The second kappa shape index (κ2) is 8.57. The zero-order valence-corrected chi connectivity index (χ0v) is 14.6. The highest BCUT2D eigenvalue weighted by Gasteiger charge is 2.31. The summed E-state index contributed by atoms with van der Waals surface area (Å²) in [6, 6.07) is 1.48. The van der Waals surface area contributed by atoms with Gasteiger partial charge in [-0.1, -0.05) is 0 Å². The average Bonchev–Trinajstić information content (AvgIpc) is 2.52. The molecule has 22 heavy (non-hydrogen) atoms. The first kappa shape index (κ1) is 18.1. The normalized spacial score (nSPS) is 32.0. The summed E-state index contributed by atoms with van der Waals surface area (Å²) in [6.45, 7) is 14.8. The van der Waals surface area contributed by atoms with Crippen LogP contribution in [0.25, 0.3) is 0 Å². The fourth-order valence-electron chi connectivity index (χ4n) is 3.42. The molecule has 2 aliphatic rings. The number of nitrogens with one attached hydrogen (secondary N) is 1. The standard InChI is InChI=1S/C16H34N4O2/c1-12(2)19-5-6-21-10-14(19)8-18-16-11-22-15(7-17)9-20(16)13(3)4/h12-16,18H,5-11,17H2,1-4H3. The number of hydrogen-bond acceptors (Lipinski definition) is 6. The Morgan fingerprint density at radius 2 is 1.86 bits per heavy atom. The molecule has 0 aliphatic carbocycles. The summed E-state index contributed by atoms with van der Waals surface area (Å²) >= 11 is 0. The number of hydrogen-bond donors (Lipinski definition) is 2. The zero-order valence-electron chi connectivity index (χ0n) is 14.6. The molecule has 3 atom stereocenters. The van der Waals surface area contributed by atoms with Crippen LogP contribution in [0.1, 0.15) is 27.7 Å². The minimum Gasteiger partial charge on any atom is -0.378 e. The topological polar surface area (TPSA) is 63.0 Å². The molecular weight excluding hydrogens is 280 g/mol. The Morgan fingerprint density at radius 3 is 2.50 bits per heavy atom. The number of rotatable bonds is 6. The van der Waals surface area contributed by atoms with Crippen molar-refractivity contribution in [3.05, 3.63) is 0 Å². The van der Waals surface area contributed by atoms with Gasteiger partial charge in [-0.15, -0.1) is 0 Å². The highest BCUT2D eigenvalue weighted by molar-refractivity contribution is 4.85. The van der Waals surface area contributed by atoms with Gasteiger partial charge in [0.15, 0.2) is 0 Å². The van der Waals surface area contributed by atoms with E-state index in [0.717, 1.165) is 32.8 Å². The van der Waals surface area contributed by atoms with Crippen LogP contribution in [0, 0.1) is 0 Å². The molecule has 130 valence electrons. The molecule has 0 amide bonds. The van der Waals surface area contributed by atoms with E-state index in [2.05, 4.69) is 42.8 Å². The molecule has 0 radical (unpaired) electrons. The van der Waals surface area contributed by atoms with E-state index in [4.69, 9.17) is 15.2 Å². The molecule has 2 saturated heterocycles. The maximum Gasteiger partial charge on any atom is 0.0842 e. The monoisotopic (exact) mass is 314 g/mol. The van der Waals surface area contributed by atoms with E-state index in [1.807, 2.05) is 0 Å². The summed E-state index contributed by atoms with van der Waals surface area (Å²) in [5, 5.41) is 3.69. The van der Waals surface area contributed by atoms with Crippen molar-refractivity contribution >= 4 is 0 Å². The lowest BCUT2D eigenvalue weighted by Crippen LogP contribution is -2.62. The van der Waals surface area contributed by atoms with E-state index in [9.17, 15) is 0 Å². The van der Waals surface area contributed by atoms with Crippen LogP contribution in [-0.2, 0) is 9.47 Å². The molecule has 3 N–H and O–H groups in total. The SMILES string of the molecule is CC(C)N1CCOCC1CNC1COC(CN)CN1C(C)C. The van der Waals surface area contributed by atoms with Gasteiger partial charge in [-0.05, 0) is 27.7 Å². The van der Waals surface area contributed by atoms with Crippen molar-refractivity contribution in [1.29, 1.82) is 0 Å². The molecule has 0 spiro atoms. The summed E-state index contributed by atoms with van der Waals surface area (Å²) in [4.78, 5) is 4.99. The van der Waals surface area contributed by atoms with Crippen molar-refractivity contribution in [3.63, 3.8) is 0 Å². The first-order chi connectivity index (χ1) is 10.5. The van der Waals surface area contributed by atoms with Crippen molar-refractivity contribution < 1.29 is 9.47 Å². The van der Waals surface area contributed by atoms with Crippen molar-refractivity contribution in [2.24, 2.45) is 5.73 Å². The zero-order chi connectivity index (χ0) is 16.1. The lowest BCUT2D eigenvalue weighted by molar-refractivity contribution is -0.0852. The van der Waals surface area contributed by atoms with Crippen LogP contribution < -0.4 is 11.1 Å². The minimum absolute atomic E-state index is 0.158. The van der Waals surface area contributed by atoms with Crippen molar-refractivity contribution in [1.82, 2.24) is 15.1 Å². The third-order valence-corrected chi connectivity index (χ3v) is 4.76. The van der Waals surface area contributed by atoms with Gasteiger partial charge in [-0.25, -0.2) is 0 Å². The van der Waals surface area contributed by atoms with E-state index in [1.165, 1.54) is 0 Å². The van der Waals surface area contributed by atoms with Crippen LogP contribution in [0.2, 0.25) is 0 Å². The number of nitrogens with two attached hydrogens (primary N) is 1. The average molecular weight is 314 g/mol. The molecule has 2 rings (SSSR count). The molecule has 0 aromatic carbocycles. The molecule has 2 fully saturated rings. The summed E-state index contributed by atoms with van der Waals surface area (Å²) in [6.07, 6.45) is 0.421. The summed E-state index contributed by atoms with van der Waals surface area (Å²) in [7, 11) is 0. The van der Waals surface area contributed by atoms with Crippen LogP contribution in [0.4, 0.5) is 0 Å².